The highest BCUT2D eigenvalue weighted by molar-refractivity contribution is 6.62. The van der Waals surface area contributed by atoms with E-state index in [2.05, 4.69) is 4.98 Å². The molecule has 126 valence electrons. The van der Waals surface area contributed by atoms with E-state index in [0.717, 1.165) is 5.56 Å². The Bertz CT molecular complexity index is 705. The summed E-state index contributed by atoms with van der Waals surface area (Å²) >= 11 is 0. The van der Waals surface area contributed by atoms with E-state index < -0.39 is 24.1 Å². The van der Waals surface area contributed by atoms with E-state index in [1.165, 1.54) is 12.3 Å². The van der Waals surface area contributed by atoms with Crippen LogP contribution in [-0.4, -0.2) is 23.3 Å². The molecule has 24 heavy (non-hydrogen) atoms. The van der Waals surface area contributed by atoms with Crippen LogP contribution < -0.4 is 10.2 Å². The van der Waals surface area contributed by atoms with Crippen molar-refractivity contribution in [2.75, 3.05) is 0 Å². The molecule has 3 rings (SSSR count). The van der Waals surface area contributed by atoms with Gasteiger partial charge in [-0.15, -0.1) is 0 Å². The van der Waals surface area contributed by atoms with Crippen molar-refractivity contribution in [2.45, 2.75) is 45.5 Å². The lowest BCUT2D eigenvalue weighted by Crippen LogP contribution is -2.41. The molecule has 0 aliphatic carbocycles. The van der Waals surface area contributed by atoms with Gasteiger partial charge in [-0.25, -0.2) is 9.37 Å². The van der Waals surface area contributed by atoms with Gasteiger partial charge in [0.15, 0.2) is 0 Å². The summed E-state index contributed by atoms with van der Waals surface area (Å²) in [4.78, 5) is 4.17. The van der Waals surface area contributed by atoms with Crippen LogP contribution in [0.1, 0.15) is 33.3 Å². The minimum absolute atomic E-state index is 0.233. The van der Waals surface area contributed by atoms with Gasteiger partial charge in [-0.1, -0.05) is 30.3 Å². The van der Waals surface area contributed by atoms with E-state index in [1.807, 2.05) is 58.0 Å². The molecule has 1 aliphatic rings. The van der Waals surface area contributed by atoms with Gasteiger partial charge in [0.25, 0.3) is 0 Å². The minimum Gasteiger partial charge on any atom is -0.473 e. The van der Waals surface area contributed by atoms with E-state index in [0.29, 0.717) is 6.61 Å². The number of halogens is 1. The second-order valence-electron chi connectivity index (χ2n) is 6.91. The molecule has 2 heterocycles. The number of hydrogen-bond acceptors (Lipinski definition) is 4. The summed E-state index contributed by atoms with van der Waals surface area (Å²) < 4.78 is 31.7. The third-order valence-electron chi connectivity index (χ3n) is 4.59. The summed E-state index contributed by atoms with van der Waals surface area (Å²) in [6.07, 6.45) is 1.41. The molecule has 6 heteroatoms. The Balaban J connectivity index is 1.72. The second kappa shape index (κ2) is 6.18. The number of ether oxygens (including phenoxy) is 1. The number of nitrogens with zero attached hydrogens (tertiary/aromatic N) is 1. The van der Waals surface area contributed by atoms with E-state index >= 15 is 0 Å². The normalized spacial score (nSPS) is 18.6. The first kappa shape index (κ1) is 16.9. The zero-order chi connectivity index (χ0) is 17.4. The SMILES string of the molecule is CC1(C)OB(c2cnc(OCc3ccccc3)cc2F)OC1(C)C. The largest absolute Gasteiger partial charge is 0.499 e. The van der Waals surface area contributed by atoms with Crippen LogP contribution in [0.15, 0.2) is 42.6 Å². The lowest BCUT2D eigenvalue weighted by atomic mass is 9.80. The van der Waals surface area contributed by atoms with Crippen LogP contribution in [0.4, 0.5) is 4.39 Å². The first-order valence-corrected chi connectivity index (χ1v) is 7.96. The molecule has 1 aromatic heterocycles. The molecule has 0 atom stereocenters. The van der Waals surface area contributed by atoms with Crippen LogP contribution in [-0.2, 0) is 15.9 Å². The van der Waals surface area contributed by atoms with E-state index in [1.54, 1.807) is 0 Å². The average Bonchev–Trinajstić information content (AvgIpc) is 2.74. The first-order valence-electron chi connectivity index (χ1n) is 7.96. The minimum atomic E-state index is -0.773. The zero-order valence-corrected chi connectivity index (χ0v) is 14.4. The van der Waals surface area contributed by atoms with Gasteiger partial charge in [-0.3, -0.25) is 0 Å². The van der Waals surface area contributed by atoms with Crippen LogP contribution >= 0.6 is 0 Å². The third-order valence-corrected chi connectivity index (χ3v) is 4.59. The Labute approximate surface area is 142 Å². The molecule has 1 saturated heterocycles. The predicted molar refractivity (Wildman–Crippen MR) is 90.7 cm³/mol. The molecule has 0 unspecified atom stereocenters. The van der Waals surface area contributed by atoms with Crippen molar-refractivity contribution in [3.05, 3.63) is 54.0 Å². The van der Waals surface area contributed by atoms with Gasteiger partial charge in [0.1, 0.15) is 12.4 Å². The Hall–Kier alpha value is -1.92. The molecule has 1 aliphatic heterocycles. The van der Waals surface area contributed by atoms with Gasteiger partial charge in [0.2, 0.25) is 5.88 Å². The monoisotopic (exact) mass is 329 g/mol. The number of rotatable bonds is 4. The fourth-order valence-electron chi connectivity index (χ4n) is 2.38. The quantitative estimate of drug-likeness (QED) is 0.808. The van der Waals surface area contributed by atoms with Gasteiger partial charge < -0.3 is 14.0 Å². The average molecular weight is 329 g/mol. The standard InChI is InChI=1S/C18H21BFNO3/c1-17(2)18(3,4)24-19(23-17)14-11-21-16(10-15(14)20)22-12-13-8-6-5-7-9-13/h5-11H,12H2,1-4H3. The Kier molecular flexibility index (Phi) is 4.36. The number of pyridine rings is 1. The Morgan fingerprint density at radius 1 is 1.08 bits per heavy atom. The molecule has 4 nitrogen and oxygen atoms in total. The summed E-state index contributed by atoms with van der Waals surface area (Å²) in [5.41, 5.74) is 0.231. The van der Waals surface area contributed by atoms with Crippen LogP contribution in [0.25, 0.3) is 0 Å². The van der Waals surface area contributed by atoms with Gasteiger partial charge in [-0.2, -0.15) is 0 Å². The van der Waals surface area contributed by atoms with Crippen molar-refractivity contribution in [1.29, 1.82) is 0 Å². The van der Waals surface area contributed by atoms with E-state index in [4.69, 9.17) is 14.0 Å². The van der Waals surface area contributed by atoms with Crippen LogP contribution in [0.3, 0.4) is 0 Å². The Morgan fingerprint density at radius 2 is 1.71 bits per heavy atom. The van der Waals surface area contributed by atoms with Gasteiger partial charge in [0, 0.05) is 17.7 Å². The molecule has 0 saturated carbocycles. The molecule has 1 fully saturated rings. The molecule has 0 N–H and O–H groups in total. The van der Waals surface area contributed by atoms with Gasteiger partial charge in [-0.05, 0) is 33.3 Å². The van der Waals surface area contributed by atoms with E-state index in [-0.39, 0.29) is 11.3 Å². The molecule has 0 radical (unpaired) electrons. The van der Waals surface area contributed by atoms with Crippen molar-refractivity contribution in [3.8, 4) is 5.88 Å². The van der Waals surface area contributed by atoms with Crippen molar-refractivity contribution >= 4 is 12.6 Å². The second-order valence-corrected chi connectivity index (χ2v) is 6.91. The molecule has 0 amide bonds. The molecule has 0 bridgehead atoms. The highest BCUT2D eigenvalue weighted by Crippen LogP contribution is 2.36. The maximum Gasteiger partial charge on any atom is 0.499 e. The summed E-state index contributed by atoms with van der Waals surface area (Å²) in [7, 11) is -0.773. The highest BCUT2D eigenvalue weighted by Gasteiger charge is 2.52. The number of hydrogen-bond donors (Lipinski definition) is 0. The summed E-state index contributed by atoms with van der Waals surface area (Å²) in [5.74, 6) is -0.219. The van der Waals surface area contributed by atoms with Gasteiger partial charge >= 0.3 is 7.12 Å². The lowest BCUT2D eigenvalue weighted by molar-refractivity contribution is 0.00578. The van der Waals surface area contributed by atoms with E-state index in [9.17, 15) is 4.39 Å². The topological polar surface area (TPSA) is 40.6 Å². The summed E-state index contributed by atoms with van der Waals surface area (Å²) in [6.45, 7) is 8.04. The maximum atomic E-state index is 14.5. The predicted octanol–water partition coefficient (Wildman–Crippen LogP) is 3.10. The van der Waals surface area contributed by atoms with Crippen LogP contribution in [0.5, 0.6) is 5.88 Å². The van der Waals surface area contributed by atoms with Crippen molar-refractivity contribution in [2.24, 2.45) is 0 Å². The van der Waals surface area contributed by atoms with Crippen molar-refractivity contribution in [3.63, 3.8) is 0 Å². The maximum absolute atomic E-state index is 14.5. The van der Waals surface area contributed by atoms with Crippen molar-refractivity contribution < 1.29 is 18.4 Å². The molecular formula is C18H21BFNO3. The highest BCUT2D eigenvalue weighted by atomic mass is 19.1. The fraction of sp³-hybridized carbons (Fsp3) is 0.389. The smallest absolute Gasteiger partial charge is 0.473 e. The fourth-order valence-corrected chi connectivity index (χ4v) is 2.38. The zero-order valence-electron chi connectivity index (χ0n) is 14.4. The van der Waals surface area contributed by atoms with Crippen LogP contribution in [0.2, 0.25) is 0 Å². The lowest BCUT2D eigenvalue weighted by Gasteiger charge is -2.32. The van der Waals surface area contributed by atoms with Crippen molar-refractivity contribution in [1.82, 2.24) is 4.98 Å². The first-order chi connectivity index (χ1) is 11.3. The third kappa shape index (κ3) is 3.30. The molecule has 2 aromatic rings. The number of benzene rings is 1. The summed E-state index contributed by atoms with van der Waals surface area (Å²) in [6, 6.07) is 10.9. The number of aromatic nitrogens is 1. The molecule has 1 aromatic carbocycles. The van der Waals surface area contributed by atoms with Gasteiger partial charge in [0.05, 0.1) is 11.2 Å². The summed E-state index contributed by atoms with van der Waals surface area (Å²) in [5, 5.41) is 0. The molecular weight excluding hydrogens is 308 g/mol. The van der Waals surface area contributed by atoms with Crippen LogP contribution in [0, 0.1) is 5.82 Å². The molecule has 0 spiro atoms. The Morgan fingerprint density at radius 3 is 2.29 bits per heavy atom.